The number of hydrogen-bond acceptors (Lipinski definition) is 19. The van der Waals surface area contributed by atoms with Crippen LogP contribution in [0.1, 0.15) is 20.7 Å². The molecular formula is C27H22N10O9S. The Balaban J connectivity index is 1.60. The number of carbonyl (C=O) groups excluding carboxylic acids is 2. The van der Waals surface area contributed by atoms with E-state index < -0.39 is 44.4 Å². The number of rotatable bonds is 10. The van der Waals surface area contributed by atoms with Gasteiger partial charge in [-0.1, -0.05) is 36.4 Å². The van der Waals surface area contributed by atoms with Crippen LogP contribution in [-0.4, -0.2) is 45.5 Å². The molecule has 0 atom stereocenters. The number of fused-ring (bicyclic) bond motifs is 1. The summed E-state index contributed by atoms with van der Waals surface area (Å²) in [7, 11) is -4.69. The van der Waals surface area contributed by atoms with Crippen molar-refractivity contribution in [3.05, 3.63) is 83.9 Å². The number of para-hydroxylation sites is 1. The molecule has 0 amide bonds. The van der Waals surface area contributed by atoms with Crippen LogP contribution in [0.3, 0.4) is 0 Å². The number of nitrogens with zero attached hydrogens (tertiary/aromatic N) is 5. The summed E-state index contributed by atoms with van der Waals surface area (Å²) >= 11 is 0. The SMILES string of the molecule is NOC(=O)c1ccccc1/N=N/c1c(S(=O)(=O)ON)cc2cccc(Nc3nc(O)nc(Nc4ccccc4C(=O)ON)n3)c2c1O. The van der Waals surface area contributed by atoms with Gasteiger partial charge in [0.2, 0.25) is 11.9 Å². The van der Waals surface area contributed by atoms with Crippen LogP contribution in [0.25, 0.3) is 10.8 Å². The maximum Gasteiger partial charge on any atom is 0.358 e. The molecule has 4 aromatic carbocycles. The van der Waals surface area contributed by atoms with Crippen molar-refractivity contribution >= 4 is 67.5 Å². The van der Waals surface area contributed by atoms with Crippen LogP contribution in [0.5, 0.6) is 11.8 Å². The zero-order chi connectivity index (χ0) is 33.7. The van der Waals surface area contributed by atoms with Gasteiger partial charge in [0.1, 0.15) is 16.3 Å². The molecule has 5 rings (SSSR count). The molecule has 0 aliphatic rings. The molecule has 20 heteroatoms. The Bertz CT molecular complexity index is 2160. The summed E-state index contributed by atoms with van der Waals surface area (Å²) in [5.74, 6) is 12.1. The average molecular weight is 663 g/mol. The van der Waals surface area contributed by atoms with Gasteiger partial charge in [-0.3, -0.25) is 0 Å². The van der Waals surface area contributed by atoms with E-state index in [1.165, 1.54) is 54.6 Å². The fourth-order valence-corrected chi connectivity index (χ4v) is 5.04. The fraction of sp³-hybridized carbons (Fsp3) is 0. The van der Waals surface area contributed by atoms with Crippen molar-refractivity contribution in [2.24, 2.45) is 27.9 Å². The van der Waals surface area contributed by atoms with Gasteiger partial charge >= 0.3 is 28.1 Å². The molecule has 0 radical (unpaired) electrons. The molecule has 10 N–H and O–H groups in total. The lowest BCUT2D eigenvalue weighted by Crippen LogP contribution is -2.13. The molecule has 0 spiro atoms. The van der Waals surface area contributed by atoms with Crippen molar-refractivity contribution in [3.63, 3.8) is 0 Å². The van der Waals surface area contributed by atoms with Gasteiger partial charge in [-0.15, -0.1) is 10.2 Å². The Hall–Kier alpha value is -6.32. The highest BCUT2D eigenvalue weighted by Gasteiger charge is 2.26. The number of nitrogens with two attached hydrogens (primary N) is 3. The van der Waals surface area contributed by atoms with Gasteiger partial charge in [-0.05, 0) is 41.8 Å². The number of azo groups is 1. The van der Waals surface area contributed by atoms with E-state index >= 15 is 0 Å². The van der Waals surface area contributed by atoms with E-state index in [1.807, 2.05) is 0 Å². The van der Waals surface area contributed by atoms with E-state index in [4.69, 9.17) is 17.7 Å². The molecule has 1 heterocycles. The first-order chi connectivity index (χ1) is 22.6. The zero-order valence-electron chi connectivity index (χ0n) is 23.6. The molecular weight excluding hydrogens is 640 g/mol. The second-order valence-corrected chi connectivity index (χ2v) is 10.7. The maximum atomic E-state index is 12.8. The third kappa shape index (κ3) is 6.70. The molecule has 19 nitrogen and oxygen atoms in total. The number of phenols is 1. The average Bonchev–Trinajstić information content (AvgIpc) is 3.07. The highest BCUT2D eigenvalue weighted by Crippen LogP contribution is 2.45. The first kappa shape index (κ1) is 32.1. The monoisotopic (exact) mass is 662 g/mol. The Morgan fingerprint density at radius 2 is 1.34 bits per heavy atom. The summed E-state index contributed by atoms with van der Waals surface area (Å²) in [4.78, 5) is 43.9. The smallest absolute Gasteiger partial charge is 0.358 e. The highest BCUT2D eigenvalue weighted by molar-refractivity contribution is 7.86. The summed E-state index contributed by atoms with van der Waals surface area (Å²) < 4.78 is 29.7. The molecule has 240 valence electrons. The fourth-order valence-electron chi connectivity index (χ4n) is 4.29. The lowest BCUT2D eigenvalue weighted by Gasteiger charge is -2.14. The van der Waals surface area contributed by atoms with Crippen LogP contribution in [0.2, 0.25) is 0 Å². The van der Waals surface area contributed by atoms with Gasteiger partial charge in [0.05, 0.1) is 22.5 Å². The lowest BCUT2D eigenvalue weighted by molar-refractivity contribution is 0.0496. The number of carbonyl (C=O) groups is 2. The third-order valence-corrected chi connectivity index (χ3v) is 7.44. The molecule has 0 aliphatic carbocycles. The van der Waals surface area contributed by atoms with Crippen LogP contribution in [0, 0.1) is 0 Å². The van der Waals surface area contributed by atoms with E-state index in [1.54, 1.807) is 12.1 Å². The summed E-state index contributed by atoms with van der Waals surface area (Å²) in [6.45, 7) is 0. The number of phenolic OH excluding ortho intramolecular Hbond substituents is 1. The van der Waals surface area contributed by atoms with Gasteiger partial charge < -0.3 is 30.5 Å². The van der Waals surface area contributed by atoms with E-state index in [0.29, 0.717) is 0 Å². The molecule has 5 aromatic rings. The standard InChI is InChI=1S/C27H22N10O9S/c28-44-23(39)14-7-1-3-9-16(14)31-25-33-26(35-27(41)34-25)32-18-11-5-6-13-12-19(47(42,43)46-30)21(22(38)20(13)18)37-36-17-10-4-2-8-15(17)24(40)45-29/h1-12,38H,28-30H2,(H3,31,32,33,34,35,41)/b37-36+. The largest absolute Gasteiger partial charge is 0.505 e. The van der Waals surface area contributed by atoms with Gasteiger partial charge in [-0.25, -0.2) is 9.59 Å². The summed E-state index contributed by atoms with van der Waals surface area (Å²) in [5.41, 5.74) is -0.466. The van der Waals surface area contributed by atoms with Crippen LogP contribution in [0.15, 0.2) is 87.9 Å². The topological polar surface area (TPSA) is 302 Å². The molecule has 1 aromatic heterocycles. The van der Waals surface area contributed by atoms with Crippen molar-refractivity contribution in [3.8, 4) is 11.8 Å². The Morgan fingerprint density at radius 1 is 0.745 bits per heavy atom. The Kier molecular flexibility index (Phi) is 9.11. The van der Waals surface area contributed by atoms with Gasteiger partial charge in [-0.2, -0.15) is 45.3 Å². The molecule has 47 heavy (non-hydrogen) atoms. The van der Waals surface area contributed by atoms with Crippen LogP contribution in [-0.2, 0) is 24.1 Å². The van der Waals surface area contributed by atoms with Crippen LogP contribution in [0.4, 0.5) is 34.6 Å². The maximum absolute atomic E-state index is 12.8. The number of nitrogens with one attached hydrogen (secondary N) is 2. The van der Waals surface area contributed by atoms with Crippen molar-refractivity contribution in [2.75, 3.05) is 10.6 Å². The predicted molar refractivity (Wildman–Crippen MR) is 162 cm³/mol. The van der Waals surface area contributed by atoms with Gasteiger partial charge in [0.15, 0.2) is 5.75 Å². The number of benzene rings is 4. The summed E-state index contributed by atoms with van der Waals surface area (Å²) in [5, 5.41) is 35.2. The molecule has 0 fully saturated rings. The minimum Gasteiger partial charge on any atom is -0.505 e. The first-order valence-corrected chi connectivity index (χ1v) is 14.3. The number of aromatic hydroxyl groups is 2. The second kappa shape index (κ2) is 13.4. The highest BCUT2D eigenvalue weighted by atomic mass is 32.2. The summed E-state index contributed by atoms with van der Waals surface area (Å²) in [6.07, 6.45) is 0. The molecule has 0 saturated carbocycles. The number of anilines is 4. The predicted octanol–water partition coefficient (Wildman–Crippen LogP) is 2.98. The van der Waals surface area contributed by atoms with Gasteiger partial charge in [0.25, 0.3) is 0 Å². The Morgan fingerprint density at radius 3 is 2.02 bits per heavy atom. The summed E-state index contributed by atoms with van der Waals surface area (Å²) in [6, 6.07) is 16.7. The number of aromatic nitrogens is 3. The zero-order valence-corrected chi connectivity index (χ0v) is 24.4. The van der Waals surface area contributed by atoms with Crippen molar-refractivity contribution in [1.82, 2.24) is 15.0 Å². The molecule has 0 bridgehead atoms. The first-order valence-electron chi connectivity index (χ1n) is 12.9. The van der Waals surface area contributed by atoms with E-state index in [2.05, 4.69) is 49.8 Å². The second-order valence-electron chi connectivity index (χ2n) is 9.13. The molecule has 0 unspecified atom stereocenters. The van der Waals surface area contributed by atoms with E-state index in [9.17, 15) is 28.2 Å². The normalized spacial score (nSPS) is 11.4. The number of hydrogen-bond donors (Lipinski definition) is 7. The molecule has 0 saturated heterocycles. The van der Waals surface area contributed by atoms with Crippen LogP contribution >= 0.6 is 0 Å². The molecule has 0 aliphatic heterocycles. The van der Waals surface area contributed by atoms with Gasteiger partial charge in [0, 0.05) is 5.39 Å². The Labute approximate surface area is 263 Å². The quantitative estimate of drug-likeness (QED) is 0.0834. The van der Waals surface area contributed by atoms with Crippen molar-refractivity contribution in [2.45, 2.75) is 4.90 Å². The lowest BCUT2D eigenvalue weighted by atomic mass is 10.1. The van der Waals surface area contributed by atoms with Crippen LogP contribution < -0.4 is 28.3 Å². The third-order valence-electron chi connectivity index (χ3n) is 6.33. The van der Waals surface area contributed by atoms with E-state index in [-0.39, 0.29) is 50.9 Å². The van der Waals surface area contributed by atoms with E-state index in [0.717, 1.165) is 6.07 Å². The minimum absolute atomic E-state index is 0.00229. The van der Waals surface area contributed by atoms with Crippen molar-refractivity contribution < 1.29 is 42.2 Å². The minimum atomic E-state index is -4.69. The van der Waals surface area contributed by atoms with Crippen molar-refractivity contribution in [1.29, 1.82) is 0 Å².